The highest BCUT2D eigenvalue weighted by Crippen LogP contribution is 2.48. The Morgan fingerprint density at radius 1 is 0.934 bits per heavy atom. The number of aromatic carboxylic acids is 1. The fourth-order valence-corrected chi connectivity index (χ4v) is 8.47. The van der Waals surface area contributed by atoms with Gasteiger partial charge in [0.05, 0.1) is 48.9 Å². The number of hydrogen-bond donors (Lipinski definition) is 2. The first-order valence-electron chi connectivity index (χ1n) is 19.5. The lowest BCUT2D eigenvalue weighted by Crippen LogP contribution is -2.50. The highest BCUT2D eigenvalue weighted by molar-refractivity contribution is 7.17. The quantitative estimate of drug-likeness (QED) is 0.0839. The van der Waals surface area contributed by atoms with Gasteiger partial charge in [-0.2, -0.15) is 0 Å². The second kappa shape index (κ2) is 16.1. The third kappa shape index (κ3) is 7.79. The molecule has 3 atom stereocenters. The molecule has 5 aromatic rings. The Morgan fingerprint density at radius 2 is 1.62 bits per heavy atom. The number of benzene rings is 4. The molecule has 1 aliphatic carbocycles. The van der Waals surface area contributed by atoms with E-state index in [2.05, 4.69) is 0 Å². The number of anilines is 2. The number of ether oxygens (including phenoxy) is 5. The molecule has 1 amide bonds. The van der Waals surface area contributed by atoms with Gasteiger partial charge in [-0.15, -0.1) is 0 Å². The van der Waals surface area contributed by atoms with E-state index in [0.717, 1.165) is 41.0 Å². The van der Waals surface area contributed by atoms with Crippen molar-refractivity contribution in [3.05, 3.63) is 130 Å². The van der Waals surface area contributed by atoms with Gasteiger partial charge in [0.1, 0.15) is 30.1 Å². The summed E-state index contributed by atoms with van der Waals surface area (Å²) < 4.78 is 80.6. The van der Waals surface area contributed by atoms with Crippen molar-refractivity contribution in [1.29, 1.82) is 0 Å². The van der Waals surface area contributed by atoms with Crippen LogP contribution in [-0.4, -0.2) is 76.9 Å². The fraction of sp³-hybridized carbons (Fsp3) is 0.326. The van der Waals surface area contributed by atoms with Gasteiger partial charge in [0, 0.05) is 24.7 Å². The predicted octanol–water partition coefficient (Wildman–Crippen LogP) is 6.73. The number of amides is 1. The van der Waals surface area contributed by atoms with Crippen LogP contribution in [0.1, 0.15) is 46.8 Å². The Kier molecular flexibility index (Phi) is 10.7. The molecule has 15 nitrogen and oxygen atoms in total. The summed E-state index contributed by atoms with van der Waals surface area (Å²) in [6, 6.07) is 22.3. The molecule has 4 heterocycles. The molecule has 1 unspecified atom stereocenters. The third-order valence-corrected chi connectivity index (χ3v) is 11.6. The lowest BCUT2D eigenvalue weighted by atomic mass is 10.0. The first-order chi connectivity index (χ1) is 29.5. The van der Waals surface area contributed by atoms with E-state index in [0.29, 0.717) is 0 Å². The second-order valence-electron chi connectivity index (χ2n) is 15.5. The molecule has 4 aliphatic rings. The number of carboxylic acid groups (broad SMARTS) is 1. The summed E-state index contributed by atoms with van der Waals surface area (Å²) in [6.45, 7) is -0.860. The Balaban J connectivity index is 0.911. The van der Waals surface area contributed by atoms with Gasteiger partial charge in [-0.05, 0) is 42.2 Å². The largest absolute Gasteiger partial charge is 0.487 e. The summed E-state index contributed by atoms with van der Waals surface area (Å²) in [4.78, 5) is 41.1. The number of fused-ring (bicyclic) bond motifs is 5. The Hall–Kier alpha value is -5.97. The summed E-state index contributed by atoms with van der Waals surface area (Å²) in [5, 5.41) is 21.3. The lowest BCUT2D eigenvalue weighted by molar-refractivity contribution is -0.380. The van der Waals surface area contributed by atoms with Crippen molar-refractivity contribution in [1.82, 2.24) is 4.57 Å². The van der Waals surface area contributed by atoms with E-state index in [-0.39, 0.29) is 79.1 Å². The van der Waals surface area contributed by atoms with Crippen LogP contribution in [0.15, 0.2) is 95.9 Å². The second-order valence-corrected chi connectivity index (χ2v) is 15.8. The number of carbonyl (C=O) groups excluding carboxylic acids is 1. The molecule has 3 aliphatic heterocycles. The molecule has 316 valence electrons. The molecule has 4 aromatic carbocycles. The summed E-state index contributed by atoms with van der Waals surface area (Å²) in [5.41, 5.74) is -1.02. The van der Waals surface area contributed by atoms with Gasteiger partial charge in [0.2, 0.25) is 11.5 Å². The van der Waals surface area contributed by atoms with Crippen molar-refractivity contribution < 1.29 is 61.4 Å². The Labute approximate surface area is 347 Å². The third-order valence-electron chi connectivity index (χ3n) is 11.3. The van der Waals surface area contributed by atoms with Crippen molar-refractivity contribution in [3.8, 4) is 11.5 Å². The van der Waals surface area contributed by atoms with E-state index in [4.69, 9.17) is 28.2 Å². The standard InChI is InChI=1S/C43H38F2N3O12P/c44-32-15-28(47-19-35(59-41(47)52)43(60-61-54,57-20-25-7-3-1-4-8-25)58-21-26-9-5-2-6-10-26)13-14-34(32)56-24-42(53)17-29-22-55-39-36-30(16-33(45)37(39)48(29)23-42)38(49)31(40(50)51)18-46(36)27-11-12-27/h1-10,13-16,18,27,29,35,53H,11-12,17,19-24H2,(H,50,51)/t29-,35?,42-/m0/s1. The number of hydrogen-bond acceptors (Lipinski definition) is 12. The molecule has 61 heavy (non-hydrogen) atoms. The van der Waals surface area contributed by atoms with Gasteiger partial charge in [0.15, 0.2) is 23.1 Å². The van der Waals surface area contributed by atoms with Crippen molar-refractivity contribution in [2.24, 2.45) is 0 Å². The van der Waals surface area contributed by atoms with Crippen LogP contribution in [0.4, 0.5) is 25.0 Å². The van der Waals surface area contributed by atoms with Crippen LogP contribution >= 0.6 is 8.69 Å². The number of aliphatic hydroxyl groups is 1. The minimum atomic E-state index is -2.15. The van der Waals surface area contributed by atoms with Crippen molar-refractivity contribution in [2.45, 2.75) is 62.2 Å². The van der Waals surface area contributed by atoms with Gasteiger partial charge in [0.25, 0.3) is 0 Å². The van der Waals surface area contributed by atoms with Gasteiger partial charge in [-0.25, -0.2) is 27.5 Å². The molecule has 0 bridgehead atoms. The predicted molar refractivity (Wildman–Crippen MR) is 213 cm³/mol. The highest BCUT2D eigenvalue weighted by Gasteiger charge is 2.53. The van der Waals surface area contributed by atoms with Gasteiger partial charge >= 0.3 is 26.7 Å². The number of nitrogens with zero attached hydrogens (tertiary/aromatic N) is 3. The monoisotopic (exact) mass is 857 g/mol. The fourth-order valence-electron chi connectivity index (χ4n) is 8.15. The molecule has 2 N–H and O–H groups in total. The summed E-state index contributed by atoms with van der Waals surface area (Å²) in [5.74, 6) is -5.38. The smallest absolute Gasteiger partial charge is 0.415 e. The topological polar surface area (TPSA) is 176 Å². The van der Waals surface area contributed by atoms with Crippen LogP contribution in [0.25, 0.3) is 10.9 Å². The van der Waals surface area contributed by atoms with Gasteiger partial charge in [-0.3, -0.25) is 9.69 Å². The van der Waals surface area contributed by atoms with Crippen LogP contribution < -0.4 is 24.7 Å². The maximum Gasteiger partial charge on any atom is 0.415 e. The lowest BCUT2D eigenvalue weighted by Gasteiger charge is -2.34. The van der Waals surface area contributed by atoms with E-state index in [1.54, 1.807) is 33.7 Å². The van der Waals surface area contributed by atoms with E-state index in [9.17, 15) is 29.2 Å². The number of carbonyl (C=O) groups is 2. The molecular weight excluding hydrogens is 819 g/mol. The summed E-state index contributed by atoms with van der Waals surface area (Å²) in [7, 11) is -0.818. The minimum absolute atomic E-state index is 0.0265. The van der Waals surface area contributed by atoms with Gasteiger partial charge in [-0.1, -0.05) is 60.7 Å². The molecule has 2 saturated heterocycles. The molecule has 1 saturated carbocycles. The van der Waals surface area contributed by atoms with Crippen molar-refractivity contribution >= 4 is 43.0 Å². The molecule has 1 aromatic heterocycles. The van der Waals surface area contributed by atoms with Crippen LogP contribution in [0.3, 0.4) is 0 Å². The average Bonchev–Trinajstić information content (AvgIpc) is 3.94. The maximum absolute atomic E-state index is 15.9. The number of halogens is 2. The van der Waals surface area contributed by atoms with E-state index in [1.807, 2.05) is 36.4 Å². The molecule has 0 spiro atoms. The van der Waals surface area contributed by atoms with Crippen LogP contribution in [0.2, 0.25) is 0 Å². The van der Waals surface area contributed by atoms with Gasteiger partial charge < -0.3 is 43.4 Å². The summed E-state index contributed by atoms with van der Waals surface area (Å²) >= 11 is 0. The Morgan fingerprint density at radius 3 is 2.25 bits per heavy atom. The average molecular weight is 858 g/mol. The van der Waals surface area contributed by atoms with E-state index in [1.165, 1.54) is 18.3 Å². The van der Waals surface area contributed by atoms with Crippen molar-refractivity contribution in [2.75, 3.05) is 36.1 Å². The molecule has 0 radical (unpaired) electrons. The number of rotatable bonds is 15. The number of carboxylic acids is 1. The number of cyclic esters (lactones) is 1. The molecule has 18 heteroatoms. The number of pyridine rings is 1. The number of aromatic nitrogens is 1. The zero-order valence-electron chi connectivity index (χ0n) is 32.3. The van der Waals surface area contributed by atoms with Crippen LogP contribution in [-0.2, 0) is 36.5 Å². The molecule has 9 rings (SSSR count). The highest BCUT2D eigenvalue weighted by atomic mass is 31.1. The zero-order chi connectivity index (χ0) is 42.5. The SMILES string of the molecule is O=POC(OCc1ccccc1)(OCc1ccccc1)C1CN(c2ccc(OC[C@]3(O)C[C@H]4COc5c(c(F)cc6c(=O)c(C(=O)O)cn(C7CC7)c56)N4C3)c(F)c2)C(=O)O1. The molecular formula is C43H38F2N3O12P. The maximum atomic E-state index is 15.9. The van der Waals surface area contributed by atoms with Crippen molar-refractivity contribution in [3.63, 3.8) is 0 Å². The van der Waals surface area contributed by atoms with E-state index >= 15 is 8.78 Å². The van der Waals surface area contributed by atoms with Crippen LogP contribution in [0, 0.1) is 11.6 Å². The minimum Gasteiger partial charge on any atom is -0.487 e. The van der Waals surface area contributed by atoms with Crippen LogP contribution in [0.5, 0.6) is 11.5 Å². The first-order valence-corrected chi connectivity index (χ1v) is 20.2. The van der Waals surface area contributed by atoms with E-state index < -0.39 is 73.7 Å². The first kappa shape index (κ1) is 40.4. The summed E-state index contributed by atoms with van der Waals surface area (Å²) in [6.07, 6.45) is 0.678. The Bertz CT molecular complexity index is 2540. The normalized spacial score (nSPS) is 21.0. The zero-order valence-corrected chi connectivity index (χ0v) is 33.2. The molecule has 3 fully saturated rings.